The fraction of sp³-hybridized carbons (Fsp3) is 0.286. The molecule has 148 valence electrons. The van der Waals surface area contributed by atoms with E-state index in [-0.39, 0.29) is 24.7 Å². The number of carbonyl (C=O) groups excluding carboxylic acids is 2. The molecule has 0 aliphatic rings. The smallest absolute Gasteiger partial charge is 0.244 e. The molecule has 0 bridgehead atoms. The number of nitrogens with zero attached hydrogens (tertiary/aromatic N) is 2. The van der Waals surface area contributed by atoms with E-state index in [0.717, 1.165) is 17.0 Å². The molecule has 0 saturated carbocycles. The Morgan fingerprint density at radius 2 is 1.64 bits per heavy atom. The number of hydrogen-bond acceptors (Lipinski definition) is 5. The zero-order valence-electron chi connectivity index (χ0n) is 16.7. The molecule has 0 fully saturated rings. The summed E-state index contributed by atoms with van der Waals surface area (Å²) in [6.45, 7) is 1.70. The van der Waals surface area contributed by atoms with Gasteiger partial charge < -0.3 is 15.0 Å². The van der Waals surface area contributed by atoms with Crippen LogP contribution in [0.15, 0.2) is 53.6 Å². The quantitative estimate of drug-likeness (QED) is 0.543. The van der Waals surface area contributed by atoms with Gasteiger partial charge in [-0.05, 0) is 48.9 Å². The van der Waals surface area contributed by atoms with Gasteiger partial charge in [-0.25, -0.2) is 5.43 Å². The van der Waals surface area contributed by atoms with Crippen molar-refractivity contribution in [1.29, 1.82) is 0 Å². The van der Waals surface area contributed by atoms with Crippen LogP contribution in [-0.2, 0) is 16.0 Å². The van der Waals surface area contributed by atoms with Crippen molar-refractivity contribution in [3.05, 3.63) is 54.1 Å². The van der Waals surface area contributed by atoms with Crippen LogP contribution in [0.2, 0.25) is 0 Å². The Hall–Kier alpha value is -3.35. The van der Waals surface area contributed by atoms with Gasteiger partial charge >= 0.3 is 0 Å². The molecule has 2 aromatic carbocycles. The average molecular weight is 382 g/mol. The Kier molecular flexibility index (Phi) is 7.56. The van der Waals surface area contributed by atoms with Crippen LogP contribution in [-0.4, -0.2) is 38.7 Å². The number of ether oxygens (including phenoxy) is 1. The highest BCUT2D eigenvalue weighted by atomic mass is 16.5. The van der Waals surface area contributed by atoms with E-state index in [9.17, 15) is 9.59 Å². The van der Waals surface area contributed by atoms with E-state index in [1.54, 1.807) is 26.2 Å². The van der Waals surface area contributed by atoms with Gasteiger partial charge in [-0.3, -0.25) is 9.59 Å². The Bertz CT molecular complexity index is 828. The van der Waals surface area contributed by atoms with E-state index in [1.165, 1.54) is 0 Å². The summed E-state index contributed by atoms with van der Waals surface area (Å²) in [4.78, 5) is 26.1. The van der Waals surface area contributed by atoms with Crippen LogP contribution in [0.4, 0.5) is 11.4 Å². The van der Waals surface area contributed by atoms with Gasteiger partial charge in [0.1, 0.15) is 5.75 Å². The van der Waals surface area contributed by atoms with Crippen LogP contribution in [0.1, 0.15) is 18.9 Å². The van der Waals surface area contributed by atoms with Crippen molar-refractivity contribution in [2.24, 2.45) is 5.10 Å². The summed E-state index contributed by atoms with van der Waals surface area (Å²) in [5, 5.41) is 6.81. The van der Waals surface area contributed by atoms with E-state index >= 15 is 0 Å². The van der Waals surface area contributed by atoms with Gasteiger partial charge in [-0.2, -0.15) is 5.10 Å². The zero-order chi connectivity index (χ0) is 20.5. The number of benzene rings is 2. The van der Waals surface area contributed by atoms with Crippen LogP contribution >= 0.6 is 0 Å². The summed E-state index contributed by atoms with van der Waals surface area (Å²) in [5.41, 5.74) is 5.62. The highest BCUT2D eigenvalue weighted by Gasteiger charge is 2.07. The molecule has 0 unspecified atom stereocenters. The molecule has 2 N–H and O–H groups in total. The molecule has 7 heteroatoms. The van der Waals surface area contributed by atoms with E-state index in [2.05, 4.69) is 15.8 Å². The molecule has 28 heavy (non-hydrogen) atoms. The standard InChI is InChI=1S/C21H26N4O3/c1-15(13-20(26)22-17-7-9-18(10-8-17)25(2)3)23-24-21(27)14-16-5-11-19(28-4)12-6-16/h5-12H,13-14H2,1-4H3,(H,22,26)(H,24,27)/b23-15-. The van der Waals surface area contributed by atoms with Gasteiger partial charge in [0.25, 0.3) is 0 Å². The maximum atomic E-state index is 12.1. The number of nitrogens with one attached hydrogen (secondary N) is 2. The third kappa shape index (κ3) is 6.75. The Labute approximate surface area is 165 Å². The maximum Gasteiger partial charge on any atom is 0.244 e. The summed E-state index contributed by atoms with van der Waals surface area (Å²) >= 11 is 0. The molecule has 7 nitrogen and oxygen atoms in total. The van der Waals surface area contributed by atoms with Gasteiger partial charge in [-0.1, -0.05) is 12.1 Å². The summed E-state index contributed by atoms with van der Waals surface area (Å²) in [6.07, 6.45) is 0.295. The van der Waals surface area contributed by atoms with Gasteiger partial charge in [0.2, 0.25) is 11.8 Å². The van der Waals surface area contributed by atoms with Gasteiger partial charge in [0, 0.05) is 31.2 Å². The summed E-state index contributed by atoms with van der Waals surface area (Å²) in [7, 11) is 5.50. The molecule has 0 saturated heterocycles. The first-order valence-corrected chi connectivity index (χ1v) is 8.89. The van der Waals surface area contributed by atoms with E-state index in [4.69, 9.17) is 4.74 Å². The number of methoxy groups -OCH3 is 1. The second-order valence-corrected chi connectivity index (χ2v) is 6.57. The lowest BCUT2D eigenvalue weighted by Gasteiger charge is -2.13. The molecule has 0 heterocycles. The van der Waals surface area contributed by atoms with Gasteiger partial charge in [0.05, 0.1) is 20.0 Å². The lowest BCUT2D eigenvalue weighted by atomic mass is 10.1. The van der Waals surface area contributed by atoms with Crippen molar-refractivity contribution in [3.63, 3.8) is 0 Å². The lowest BCUT2D eigenvalue weighted by molar-refractivity contribution is -0.120. The number of hydrazone groups is 1. The normalized spacial score (nSPS) is 10.9. The fourth-order valence-electron chi connectivity index (χ4n) is 2.45. The first-order chi connectivity index (χ1) is 13.4. The first kappa shape index (κ1) is 21.0. The monoisotopic (exact) mass is 382 g/mol. The minimum absolute atomic E-state index is 0.0955. The van der Waals surface area contributed by atoms with Crippen molar-refractivity contribution < 1.29 is 14.3 Å². The molecule has 2 rings (SSSR count). The van der Waals surface area contributed by atoms with Gasteiger partial charge in [-0.15, -0.1) is 0 Å². The van der Waals surface area contributed by atoms with E-state index < -0.39 is 0 Å². The first-order valence-electron chi connectivity index (χ1n) is 8.89. The summed E-state index contributed by atoms with van der Waals surface area (Å²) in [5.74, 6) is 0.299. The van der Waals surface area contributed by atoms with Crippen molar-refractivity contribution in [2.75, 3.05) is 31.4 Å². The SMILES string of the molecule is COc1ccc(CC(=O)N/N=C(/C)CC(=O)Nc2ccc(N(C)C)cc2)cc1. The van der Waals surface area contributed by atoms with E-state index in [0.29, 0.717) is 11.4 Å². The van der Waals surface area contributed by atoms with Crippen LogP contribution in [0.5, 0.6) is 5.75 Å². The number of rotatable bonds is 8. The Morgan fingerprint density at radius 1 is 1.00 bits per heavy atom. The third-order valence-electron chi connectivity index (χ3n) is 3.98. The largest absolute Gasteiger partial charge is 0.497 e. The fourth-order valence-corrected chi connectivity index (χ4v) is 2.45. The molecule has 0 atom stereocenters. The van der Waals surface area contributed by atoms with Crippen LogP contribution in [0.25, 0.3) is 0 Å². The highest BCUT2D eigenvalue weighted by Crippen LogP contribution is 2.16. The maximum absolute atomic E-state index is 12.1. The number of hydrogen-bond donors (Lipinski definition) is 2. The van der Waals surface area contributed by atoms with Gasteiger partial charge in [0.15, 0.2) is 0 Å². The topological polar surface area (TPSA) is 83.0 Å². The molecule has 0 radical (unpaired) electrons. The van der Waals surface area contributed by atoms with Crippen molar-refractivity contribution >= 4 is 28.9 Å². The molecule has 0 spiro atoms. The Balaban J connectivity index is 1.80. The van der Waals surface area contributed by atoms with E-state index in [1.807, 2.05) is 55.4 Å². The molecular formula is C21H26N4O3. The summed E-state index contributed by atoms with van der Waals surface area (Å²) < 4.78 is 5.09. The molecule has 0 aliphatic carbocycles. The van der Waals surface area contributed by atoms with Crippen LogP contribution < -0.4 is 20.4 Å². The highest BCUT2D eigenvalue weighted by molar-refractivity contribution is 6.05. The van der Waals surface area contributed by atoms with Crippen molar-refractivity contribution in [1.82, 2.24) is 5.43 Å². The average Bonchev–Trinajstić information content (AvgIpc) is 2.67. The lowest BCUT2D eigenvalue weighted by Crippen LogP contribution is -2.22. The Morgan fingerprint density at radius 3 is 2.21 bits per heavy atom. The minimum Gasteiger partial charge on any atom is -0.497 e. The third-order valence-corrected chi connectivity index (χ3v) is 3.98. The summed E-state index contributed by atoms with van der Waals surface area (Å²) in [6, 6.07) is 14.8. The number of amides is 2. The molecule has 2 aromatic rings. The van der Waals surface area contributed by atoms with Crippen LogP contribution in [0, 0.1) is 0 Å². The molecule has 0 aromatic heterocycles. The zero-order valence-corrected chi connectivity index (χ0v) is 16.7. The number of anilines is 2. The second kappa shape index (κ2) is 10.1. The number of carbonyl (C=O) groups is 2. The van der Waals surface area contributed by atoms with Crippen molar-refractivity contribution in [3.8, 4) is 5.75 Å². The predicted octanol–water partition coefficient (Wildman–Crippen LogP) is 2.82. The molecular weight excluding hydrogens is 356 g/mol. The van der Waals surface area contributed by atoms with Crippen LogP contribution in [0.3, 0.4) is 0 Å². The molecule has 2 amide bonds. The predicted molar refractivity (Wildman–Crippen MR) is 112 cm³/mol. The molecule has 0 aliphatic heterocycles. The minimum atomic E-state index is -0.246. The second-order valence-electron chi connectivity index (χ2n) is 6.57. The van der Waals surface area contributed by atoms with Crippen molar-refractivity contribution in [2.45, 2.75) is 19.8 Å².